The maximum absolute atomic E-state index is 12.2. The highest BCUT2D eigenvalue weighted by molar-refractivity contribution is 6.35. The third-order valence-electron chi connectivity index (χ3n) is 4.03. The monoisotopic (exact) mass is 358 g/mol. The molecule has 1 aromatic carbocycles. The fraction of sp³-hybridized carbons (Fsp3) is 0.500. The number of aliphatic carboxylic acids is 1. The summed E-state index contributed by atoms with van der Waals surface area (Å²) >= 11 is 12.0. The van der Waals surface area contributed by atoms with E-state index in [0.717, 1.165) is 18.5 Å². The van der Waals surface area contributed by atoms with Crippen LogP contribution in [0.25, 0.3) is 0 Å². The molecule has 0 aliphatic carbocycles. The molecule has 1 heterocycles. The molecule has 23 heavy (non-hydrogen) atoms. The maximum atomic E-state index is 12.2. The van der Waals surface area contributed by atoms with Crippen molar-refractivity contribution in [1.29, 1.82) is 0 Å². The van der Waals surface area contributed by atoms with E-state index < -0.39 is 5.97 Å². The Morgan fingerprint density at radius 3 is 2.83 bits per heavy atom. The maximum Gasteiger partial charge on any atom is 0.307 e. The minimum Gasteiger partial charge on any atom is -0.481 e. The minimum atomic E-state index is -0.795. The van der Waals surface area contributed by atoms with E-state index in [1.165, 1.54) is 0 Å². The van der Waals surface area contributed by atoms with E-state index in [2.05, 4.69) is 5.32 Å². The third-order valence-corrected chi connectivity index (χ3v) is 4.59. The highest BCUT2D eigenvalue weighted by atomic mass is 35.5. The van der Waals surface area contributed by atoms with Crippen molar-refractivity contribution in [2.75, 3.05) is 19.6 Å². The Hall–Kier alpha value is -1.30. The Balaban J connectivity index is 1.90. The number of piperidine rings is 1. The number of likely N-dealkylation sites (tertiary alicyclic amines) is 1. The second-order valence-electron chi connectivity index (χ2n) is 5.87. The molecule has 0 saturated carbocycles. The Kier molecular flexibility index (Phi) is 6.27. The predicted octanol–water partition coefficient (Wildman–Crippen LogP) is 2.97. The average Bonchev–Trinajstić information content (AvgIpc) is 2.47. The van der Waals surface area contributed by atoms with Gasteiger partial charge in [0.2, 0.25) is 5.91 Å². The second kappa shape index (κ2) is 7.99. The molecule has 1 aliphatic heterocycles. The van der Waals surface area contributed by atoms with Crippen LogP contribution in [0, 0.1) is 5.92 Å². The lowest BCUT2D eigenvalue weighted by atomic mass is 9.98. The van der Waals surface area contributed by atoms with Gasteiger partial charge >= 0.3 is 5.97 Å². The normalized spacial score (nSPS) is 20.0. The van der Waals surface area contributed by atoms with Gasteiger partial charge in [0.25, 0.3) is 0 Å². The molecule has 0 radical (unpaired) electrons. The zero-order chi connectivity index (χ0) is 17.0. The van der Waals surface area contributed by atoms with E-state index in [0.29, 0.717) is 23.0 Å². The van der Waals surface area contributed by atoms with Crippen LogP contribution >= 0.6 is 23.2 Å². The molecule has 2 rings (SSSR count). The fourth-order valence-corrected chi connectivity index (χ4v) is 3.39. The summed E-state index contributed by atoms with van der Waals surface area (Å²) in [5, 5.41) is 13.0. The Morgan fingerprint density at radius 2 is 2.17 bits per heavy atom. The molecule has 1 aromatic rings. The van der Waals surface area contributed by atoms with Crippen LogP contribution in [-0.4, -0.2) is 41.5 Å². The molecule has 0 spiro atoms. The second-order valence-corrected chi connectivity index (χ2v) is 6.71. The van der Waals surface area contributed by atoms with E-state index in [9.17, 15) is 9.59 Å². The van der Waals surface area contributed by atoms with Crippen LogP contribution in [0.2, 0.25) is 10.0 Å². The van der Waals surface area contributed by atoms with Crippen molar-refractivity contribution in [3.05, 3.63) is 33.8 Å². The molecule has 0 bridgehead atoms. The summed E-state index contributed by atoms with van der Waals surface area (Å²) in [5.41, 5.74) is 0.798. The summed E-state index contributed by atoms with van der Waals surface area (Å²) in [6, 6.07) is 4.92. The van der Waals surface area contributed by atoms with Crippen LogP contribution in [0.4, 0.5) is 0 Å². The lowest BCUT2D eigenvalue weighted by molar-refractivity contribution is -0.144. The topological polar surface area (TPSA) is 69.6 Å². The van der Waals surface area contributed by atoms with Gasteiger partial charge in [-0.25, -0.2) is 0 Å². The number of hydrogen-bond donors (Lipinski definition) is 2. The first kappa shape index (κ1) is 18.0. The summed E-state index contributed by atoms with van der Waals surface area (Å²) in [6.07, 6.45) is 1.47. The number of nitrogens with one attached hydrogen (secondary N) is 1. The van der Waals surface area contributed by atoms with Gasteiger partial charge in [0.15, 0.2) is 0 Å². The number of carboxylic acids is 1. The lowest BCUT2D eigenvalue weighted by Crippen LogP contribution is -2.44. The van der Waals surface area contributed by atoms with Gasteiger partial charge in [0.05, 0.1) is 18.5 Å². The average molecular weight is 359 g/mol. The van der Waals surface area contributed by atoms with Crippen molar-refractivity contribution in [3.63, 3.8) is 0 Å². The van der Waals surface area contributed by atoms with Crippen LogP contribution in [0.15, 0.2) is 18.2 Å². The van der Waals surface area contributed by atoms with Crippen molar-refractivity contribution < 1.29 is 14.7 Å². The van der Waals surface area contributed by atoms with Crippen LogP contribution in [-0.2, 0) is 9.59 Å². The summed E-state index contributed by atoms with van der Waals surface area (Å²) < 4.78 is 0. The smallest absolute Gasteiger partial charge is 0.307 e. The lowest BCUT2D eigenvalue weighted by Gasteiger charge is -2.30. The van der Waals surface area contributed by atoms with Gasteiger partial charge in [-0.1, -0.05) is 29.3 Å². The summed E-state index contributed by atoms with van der Waals surface area (Å²) in [4.78, 5) is 25.1. The van der Waals surface area contributed by atoms with E-state index in [1.807, 2.05) is 11.8 Å². The van der Waals surface area contributed by atoms with Crippen LogP contribution in [0.3, 0.4) is 0 Å². The van der Waals surface area contributed by atoms with E-state index in [1.54, 1.807) is 18.2 Å². The Bertz CT molecular complexity index is 595. The number of halogens is 2. The van der Waals surface area contributed by atoms with Crippen LogP contribution < -0.4 is 5.32 Å². The minimum absolute atomic E-state index is 0.144. The number of carbonyl (C=O) groups excluding carboxylic acids is 1. The SMILES string of the molecule is CC(NC(=O)CN1CCCC(C(=O)O)C1)c1ccc(Cl)cc1Cl. The molecule has 1 aliphatic rings. The van der Waals surface area contributed by atoms with E-state index in [-0.39, 0.29) is 24.4 Å². The molecule has 2 unspecified atom stereocenters. The first-order chi connectivity index (χ1) is 10.9. The number of carboxylic acid groups (broad SMARTS) is 1. The number of amides is 1. The molecule has 1 amide bonds. The molecule has 7 heteroatoms. The summed E-state index contributed by atoms with van der Waals surface area (Å²) in [7, 11) is 0. The number of rotatable bonds is 5. The molecule has 5 nitrogen and oxygen atoms in total. The summed E-state index contributed by atoms with van der Waals surface area (Å²) in [5.74, 6) is -1.33. The van der Waals surface area contributed by atoms with Crippen molar-refractivity contribution in [2.24, 2.45) is 5.92 Å². The molecule has 2 N–H and O–H groups in total. The summed E-state index contributed by atoms with van der Waals surface area (Å²) in [6.45, 7) is 3.20. The zero-order valence-corrected chi connectivity index (χ0v) is 14.4. The molecular formula is C16H20Cl2N2O3. The predicted molar refractivity (Wildman–Crippen MR) is 89.8 cm³/mol. The molecule has 2 atom stereocenters. The first-order valence-electron chi connectivity index (χ1n) is 7.56. The Labute approximate surface area is 145 Å². The van der Waals surface area contributed by atoms with E-state index in [4.69, 9.17) is 28.3 Å². The van der Waals surface area contributed by atoms with Gasteiger partial charge in [-0.15, -0.1) is 0 Å². The first-order valence-corrected chi connectivity index (χ1v) is 8.32. The molecule has 0 aromatic heterocycles. The van der Waals surface area contributed by atoms with Crippen LogP contribution in [0.1, 0.15) is 31.4 Å². The standard InChI is InChI=1S/C16H20Cl2N2O3/c1-10(13-5-4-12(17)7-14(13)18)19-15(21)9-20-6-2-3-11(8-20)16(22)23/h4-5,7,10-11H,2-3,6,8-9H2,1H3,(H,19,21)(H,22,23). The highest BCUT2D eigenvalue weighted by Gasteiger charge is 2.26. The number of carbonyl (C=O) groups is 2. The molecule has 1 saturated heterocycles. The molecule has 126 valence electrons. The van der Waals surface area contributed by atoms with Gasteiger partial charge in [-0.3, -0.25) is 14.5 Å². The highest BCUT2D eigenvalue weighted by Crippen LogP contribution is 2.26. The van der Waals surface area contributed by atoms with Crippen molar-refractivity contribution in [3.8, 4) is 0 Å². The largest absolute Gasteiger partial charge is 0.481 e. The number of benzene rings is 1. The molecular weight excluding hydrogens is 339 g/mol. The van der Waals surface area contributed by atoms with Gasteiger partial charge < -0.3 is 10.4 Å². The quantitative estimate of drug-likeness (QED) is 0.848. The van der Waals surface area contributed by atoms with Crippen molar-refractivity contribution in [2.45, 2.75) is 25.8 Å². The van der Waals surface area contributed by atoms with Crippen molar-refractivity contribution >= 4 is 35.1 Å². The zero-order valence-electron chi connectivity index (χ0n) is 12.9. The van der Waals surface area contributed by atoms with Crippen LogP contribution in [0.5, 0.6) is 0 Å². The molecule has 1 fully saturated rings. The van der Waals surface area contributed by atoms with Gasteiger partial charge in [0.1, 0.15) is 0 Å². The van der Waals surface area contributed by atoms with Gasteiger partial charge in [0, 0.05) is 16.6 Å². The fourth-order valence-electron chi connectivity index (χ4n) is 2.82. The number of hydrogen-bond acceptors (Lipinski definition) is 3. The van der Waals surface area contributed by atoms with Gasteiger partial charge in [-0.2, -0.15) is 0 Å². The van der Waals surface area contributed by atoms with Gasteiger partial charge in [-0.05, 0) is 44.0 Å². The number of nitrogens with zero attached hydrogens (tertiary/aromatic N) is 1. The van der Waals surface area contributed by atoms with E-state index >= 15 is 0 Å². The third kappa shape index (κ3) is 5.09. The van der Waals surface area contributed by atoms with Crippen molar-refractivity contribution in [1.82, 2.24) is 10.2 Å². The Morgan fingerprint density at radius 1 is 1.43 bits per heavy atom.